The highest BCUT2D eigenvalue weighted by Crippen LogP contribution is 2.19. The lowest BCUT2D eigenvalue weighted by molar-refractivity contribution is -0.118. The van der Waals surface area contributed by atoms with E-state index in [0.29, 0.717) is 17.4 Å². The van der Waals surface area contributed by atoms with Gasteiger partial charge >= 0.3 is 0 Å². The summed E-state index contributed by atoms with van der Waals surface area (Å²) in [5, 5.41) is 2.80. The lowest BCUT2D eigenvalue weighted by atomic mass is 10.0. The van der Waals surface area contributed by atoms with E-state index in [1.807, 2.05) is 24.3 Å². The molecule has 0 heterocycles. The summed E-state index contributed by atoms with van der Waals surface area (Å²) >= 11 is 0. The van der Waals surface area contributed by atoms with Crippen molar-refractivity contribution in [1.82, 2.24) is 4.72 Å². The number of ether oxygens (including phenoxy) is 1. The first-order chi connectivity index (χ1) is 13.1. The molecule has 0 aromatic heterocycles. The molecule has 7 heteroatoms. The van der Waals surface area contributed by atoms with Crippen molar-refractivity contribution in [3.05, 3.63) is 54.1 Å². The molecule has 0 aliphatic carbocycles. The van der Waals surface area contributed by atoms with Gasteiger partial charge in [0.25, 0.3) is 0 Å². The molecule has 2 aromatic carbocycles. The Bertz CT molecular complexity index is 889. The van der Waals surface area contributed by atoms with Gasteiger partial charge in [-0.15, -0.1) is 0 Å². The van der Waals surface area contributed by atoms with Crippen molar-refractivity contribution in [2.24, 2.45) is 5.92 Å². The van der Waals surface area contributed by atoms with Crippen molar-refractivity contribution in [1.29, 1.82) is 0 Å². The van der Waals surface area contributed by atoms with Crippen LogP contribution in [0.5, 0.6) is 5.75 Å². The molecule has 0 spiro atoms. The van der Waals surface area contributed by atoms with E-state index in [2.05, 4.69) is 23.9 Å². The SMILES string of the molecule is COc1ccc(S(=O)(=O)NC(C(=O)Nc2ccc(C(C)C)cc2)C(C)C)cc1. The number of benzene rings is 2. The van der Waals surface area contributed by atoms with Crippen LogP contribution in [-0.4, -0.2) is 27.5 Å². The average Bonchev–Trinajstić information content (AvgIpc) is 2.66. The molecule has 0 radical (unpaired) electrons. The molecule has 0 bridgehead atoms. The molecule has 1 atom stereocenters. The van der Waals surface area contributed by atoms with Gasteiger partial charge in [0.15, 0.2) is 0 Å². The van der Waals surface area contributed by atoms with Crippen LogP contribution in [0.1, 0.15) is 39.2 Å². The number of amides is 1. The molecule has 0 aliphatic rings. The third-order valence-electron chi connectivity index (χ3n) is 4.45. The molecule has 0 saturated carbocycles. The van der Waals surface area contributed by atoms with E-state index in [1.165, 1.54) is 24.8 Å². The molecule has 28 heavy (non-hydrogen) atoms. The van der Waals surface area contributed by atoms with Crippen LogP contribution in [0, 0.1) is 5.92 Å². The maximum atomic E-state index is 12.7. The first-order valence-corrected chi connectivity index (χ1v) is 10.7. The summed E-state index contributed by atoms with van der Waals surface area (Å²) in [6.45, 7) is 7.78. The summed E-state index contributed by atoms with van der Waals surface area (Å²) in [6, 6.07) is 12.7. The van der Waals surface area contributed by atoms with Gasteiger partial charge in [-0.1, -0.05) is 39.8 Å². The fourth-order valence-electron chi connectivity index (χ4n) is 2.65. The summed E-state index contributed by atoms with van der Waals surface area (Å²) < 4.78 is 32.9. The number of carbonyl (C=O) groups is 1. The number of hydrogen-bond acceptors (Lipinski definition) is 4. The number of nitrogens with one attached hydrogen (secondary N) is 2. The standard InChI is InChI=1S/C21H28N2O4S/c1-14(2)16-6-8-17(9-7-16)22-21(24)20(15(3)4)23-28(25,26)19-12-10-18(27-5)11-13-19/h6-15,20,23H,1-5H3,(H,22,24). The van der Waals surface area contributed by atoms with Crippen molar-refractivity contribution in [3.63, 3.8) is 0 Å². The van der Waals surface area contributed by atoms with Crippen LogP contribution in [0.25, 0.3) is 0 Å². The maximum absolute atomic E-state index is 12.7. The molecule has 2 N–H and O–H groups in total. The molecular weight excluding hydrogens is 376 g/mol. The molecule has 0 aliphatic heterocycles. The number of anilines is 1. The van der Waals surface area contributed by atoms with Gasteiger partial charge in [0.2, 0.25) is 15.9 Å². The van der Waals surface area contributed by atoms with Crippen LogP contribution in [0.3, 0.4) is 0 Å². The summed E-state index contributed by atoms with van der Waals surface area (Å²) in [5.41, 5.74) is 1.79. The van der Waals surface area contributed by atoms with E-state index < -0.39 is 22.0 Å². The van der Waals surface area contributed by atoms with Crippen molar-refractivity contribution < 1.29 is 17.9 Å². The zero-order valence-electron chi connectivity index (χ0n) is 16.9. The van der Waals surface area contributed by atoms with Crippen molar-refractivity contribution in [3.8, 4) is 5.75 Å². The van der Waals surface area contributed by atoms with Crippen LogP contribution < -0.4 is 14.8 Å². The van der Waals surface area contributed by atoms with Gasteiger partial charge in [-0.25, -0.2) is 8.42 Å². The van der Waals surface area contributed by atoms with Crippen molar-refractivity contribution in [2.45, 2.75) is 44.6 Å². The third kappa shape index (κ3) is 5.56. The minimum Gasteiger partial charge on any atom is -0.497 e. The minimum absolute atomic E-state index is 0.0769. The number of methoxy groups -OCH3 is 1. The number of rotatable bonds is 8. The zero-order chi connectivity index (χ0) is 20.9. The smallest absolute Gasteiger partial charge is 0.242 e. The Balaban J connectivity index is 2.15. The summed E-state index contributed by atoms with van der Waals surface area (Å²) in [5.74, 6) is 0.318. The Morgan fingerprint density at radius 3 is 1.96 bits per heavy atom. The number of carbonyl (C=O) groups excluding carboxylic acids is 1. The second-order valence-corrected chi connectivity index (χ2v) is 9.00. The molecule has 1 unspecified atom stereocenters. The Kier molecular flexibility index (Phi) is 7.21. The van der Waals surface area contributed by atoms with Crippen molar-refractivity contribution >= 4 is 21.6 Å². The lowest BCUT2D eigenvalue weighted by Gasteiger charge is -2.22. The molecule has 0 saturated heterocycles. The third-order valence-corrected chi connectivity index (χ3v) is 5.90. The highest BCUT2D eigenvalue weighted by atomic mass is 32.2. The lowest BCUT2D eigenvalue weighted by Crippen LogP contribution is -2.47. The van der Waals surface area contributed by atoms with Crippen LogP contribution >= 0.6 is 0 Å². The largest absolute Gasteiger partial charge is 0.497 e. The Labute approximate surface area is 167 Å². The van der Waals surface area contributed by atoms with Gasteiger partial charge < -0.3 is 10.1 Å². The summed E-state index contributed by atoms with van der Waals surface area (Å²) in [4.78, 5) is 12.8. The first-order valence-electron chi connectivity index (χ1n) is 9.21. The molecule has 6 nitrogen and oxygen atoms in total. The molecule has 0 fully saturated rings. The monoisotopic (exact) mass is 404 g/mol. The van der Waals surface area contributed by atoms with Crippen LogP contribution in [-0.2, 0) is 14.8 Å². The summed E-state index contributed by atoms with van der Waals surface area (Å²) in [7, 11) is -2.34. The molecule has 2 rings (SSSR count). The van der Waals surface area contributed by atoms with Gasteiger partial charge in [0, 0.05) is 5.69 Å². The Hall–Kier alpha value is -2.38. The molecule has 1 amide bonds. The molecule has 152 valence electrons. The van der Waals surface area contributed by atoms with Gasteiger partial charge in [0.1, 0.15) is 11.8 Å². The fourth-order valence-corrected chi connectivity index (χ4v) is 4.00. The van der Waals surface area contributed by atoms with E-state index in [9.17, 15) is 13.2 Å². The van der Waals surface area contributed by atoms with Crippen LogP contribution in [0.15, 0.2) is 53.4 Å². The Morgan fingerprint density at radius 2 is 1.50 bits per heavy atom. The Morgan fingerprint density at radius 1 is 0.929 bits per heavy atom. The predicted molar refractivity (Wildman–Crippen MR) is 111 cm³/mol. The topological polar surface area (TPSA) is 84.5 Å². The van der Waals surface area contributed by atoms with E-state index in [0.717, 1.165) is 0 Å². The van der Waals surface area contributed by atoms with Gasteiger partial charge in [0.05, 0.1) is 12.0 Å². The zero-order valence-corrected chi connectivity index (χ0v) is 17.7. The van der Waals surface area contributed by atoms with E-state index in [4.69, 9.17) is 4.74 Å². The van der Waals surface area contributed by atoms with Gasteiger partial charge in [-0.2, -0.15) is 4.72 Å². The normalized spacial score (nSPS) is 12.8. The highest BCUT2D eigenvalue weighted by molar-refractivity contribution is 7.89. The number of hydrogen-bond donors (Lipinski definition) is 2. The van der Waals surface area contributed by atoms with Gasteiger partial charge in [-0.3, -0.25) is 4.79 Å². The van der Waals surface area contributed by atoms with Crippen LogP contribution in [0.4, 0.5) is 5.69 Å². The predicted octanol–water partition coefficient (Wildman–Crippen LogP) is 3.76. The summed E-state index contributed by atoms with van der Waals surface area (Å²) in [6.07, 6.45) is 0. The molecular formula is C21H28N2O4S. The maximum Gasteiger partial charge on any atom is 0.242 e. The number of sulfonamides is 1. The minimum atomic E-state index is -3.85. The van der Waals surface area contributed by atoms with E-state index in [-0.39, 0.29) is 10.8 Å². The second-order valence-electron chi connectivity index (χ2n) is 7.28. The van der Waals surface area contributed by atoms with Gasteiger partial charge in [-0.05, 0) is 53.8 Å². The second kappa shape index (κ2) is 9.21. The van der Waals surface area contributed by atoms with E-state index >= 15 is 0 Å². The molecule has 2 aromatic rings. The fraction of sp³-hybridized carbons (Fsp3) is 0.381. The first kappa shape index (κ1) is 21.9. The average molecular weight is 405 g/mol. The quantitative estimate of drug-likeness (QED) is 0.702. The highest BCUT2D eigenvalue weighted by Gasteiger charge is 2.28. The van der Waals surface area contributed by atoms with Crippen molar-refractivity contribution in [2.75, 3.05) is 12.4 Å². The van der Waals surface area contributed by atoms with Crippen LogP contribution in [0.2, 0.25) is 0 Å². The van der Waals surface area contributed by atoms with E-state index in [1.54, 1.807) is 26.0 Å².